The minimum absolute atomic E-state index is 0.132. The van der Waals surface area contributed by atoms with Gasteiger partial charge in [0.25, 0.3) is 5.91 Å². The molecular formula is C24H27N5O. The standard InChI is InChI=1S/C24H27N5O/c30-23(21-16-26-24(27-17-21)29-10-1-2-11-29)25-15-18-6-7-19-8-12-28(22-4-3-5-22)13-9-20(19)14-18/h3-7,14,16-17H,1-2,8-13,15H2,(H,25,30). The zero-order valence-electron chi connectivity index (χ0n) is 17.2. The molecule has 2 aromatic rings. The zero-order chi connectivity index (χ0) is 20.3. The second kappa shape index (κ2) is 8.30. The van der Waals surface area contributed by atoms with Crippen molar-refractivity contribution in [1.82, 2.24) is 20.2 Å². The van der Waals surface area contributed by atoms with Gasteiger partial charge in [0.15, 0.2) is 0 Å². The maximum atomic E-state index is 12.5. The largest absolute Gasteiger partial charge is 0.371 e. The topological polar surface area (TPSA) is 61.4 Å². The summed E-state index contributed by atoms with van der Waals surface area (Å²) in [7, 11) is 0. The number of carbonyl (C=O) groups excluding carboxylic acids is 1. The number of benzene rings is 1. The van der Waals surface area contributed by atoms with Gasteiger partial charge < -0.3 is 15.1 Å². The average Bonchev–Trinajstić information content (AvgIpc) is 3.20. The van der Waals surface area contributed by atoms with Gasteiger partial charge in [0.2, 0.25) is 5.95 Å². The number of amides is 1. The first-order valence-corrected chi connectivity index (χ1v) is 10.9. The Morgan fingerprint density at radius 2 is 1.70 bits per heavy atom. The number of nitrogens with zero attached hydrogens (tertiary/aromatic N) is 4. The minimum Gasteiger partial charge on any atom is -0.371 e. The van der Waals surface area contributed by atoms with Crippen molar-refractivity contribution in [3.8, 4) is 0 Å². The van der Waals surface area contributed by atoms with Crippen LogP contribution in [0.2, 0.25) is 0 Å². The van der Waals surface area contributed by atoms with Gasteiger partial charge in [-0.3, -0.25) is 4.79 Å². The number of hydrogen-bond acceptors (Lipinski definition) is 5. The van der Waals surface area contributed by atoms with Crippen molar-refractivity contribution in [2.45, 2.75) is 32.2 Å². The second-order valence-electron chi connectivity index (χ2n) is 8.19. The molecule has 0 spiro atoms. The van der Waals surface area contributed by atoms with Crippen LogP contribution in [0.5, 0.6) is 0 Å². The van der Waals surface area contributed by atoms with Crippen molar-refractivity contribution >= 4 is 11.9 Å². The molecule has 3 aliphatic rings. The molecule has 6 nitrogen and oxygen atoms in total. The summed E-state index contributed by atoms with van der Waals surface area (Å²) in [5, 5.41) is 3.01. The predicted octanol–water partition coefficient (Wildman–Crippen LogP) is 2.86. The highest BCUT2D eigenvalue weighted by molar-refractivity contribution is 5.93. The van der Waals surface area contributed by atoms with Crippen LogP contribution in [-0.2, 0) is 19.4 Å². The summed E-state index contributed by atoms with van der Waals surface area (Å²) >= 11 is 0. The molecule has 0 radical (unpaired) electrons. The van der Waals surface area contributed by atoms with Gasteiger partial charge in [-0.2, -0.15) is 0 Å². The first kappa shape index (κ1) is 18.9. The molecule has 1 fully saturated rings. The highest BCUT2D eigenvalue weighted by atomic mass is 16.1. The smallest absolute Gasteiger partial charge is 0.254 e. The number of anilines is 1. The molecule has 5 rings (SSSR count). The van der Waals surface area contributed by atoms with Crippen LogP contribution in [-0.4, -0.2) is 47.0 Å². The van der Waals surface area contributed by atoms with E-state index < -0.39 is 0 Å². The Balaban J connectivity index is 1.18. The fourth-order valence-electron chi connectivity index (χ4n) is 4.34. The first-order valence-electron chi connectivity index (χ1n) is 10.9. The van der Waals surface area contributed by atoms with Gasteiger partial charge >= 0.3 is 0 Å². The molecule has 30 heavy (non-hydrogen) atoms. The van der Waals surface area contributed by atoms with Crippen LogP contribution in [0, 0.1) is 0 Å². The van der Waals surface area contributed by atoms with E-state index in [1.807, 2.05) is 0 Å². The average molecular weight is 402 g/mol. The van der Waals surface area contributed by atoms with E-state index in [1.54, 1.807) is 12.4 Å². The fourth-order valence-corrected chi connectivity index (χ4v) is 4.34. The van der Waals surface area contributed by atoms with Crippen molar-refractivity contribution in [1.29, 1.82) is 0 Å². The van der Waals surface area contributed by atoms with E-state index in [9.17, 15) is 4.79 Å². The Morgan fingerprint density at radius 1 is 0.967 bits per heavy atom. The third kappa shape index (κ3) is 3.95. The summed E-state index contributed by atoms with van der Waals surface area (Å²) in [6.45, 7) is 4.61. The van der Waals surface area contributed by atoms with E-state index in [1.165, 1.54) is 29.7 Å². The summed E-state index contributed by atoms with van der Waals surface area (Å²) in [5.74, 6) is 0.588. The van der Waals surface area contributed by atoms with Gasteiger partial charge in [0.05, 0.1) is 5.56 Å². The number of hydrogen-bond donors (Lipinski definition) is 1. The third-order valence-corrected chi connectivity index (χ3v) is 6.21. The van der Waals surface area contributed by atoms with E-state index in [0.717, 1.165) is 50.5 Å². The Labute approximate surface area is 177 Å². The maximum Gasteiger partial charge on any atom is 0.254 e. The van der Waals surface area contributed by atoms with Crippen LogP contribution >= 0.6 is 0 Å². The Bertz CT molecular complexity index is 989. The SMILES string of the molecule is O=C(NCc1ccc2c(c1)CCN(C1=CC=C1)CC2)c1cnc(N2CCCC2)nc1. The summed E-state index contributed by atoms with van der Waals surface area (Å²) in [6.07, 6.45) is 14.2. The van der Waals surface area contributed by atoms with Gasteiger partial charge in [0, 0.05) is 50.8 Å². The summed E-state index contributed by atoms with van der Waals surface area (Å²) < 4.78 is 0. The van der Waals surface area contributed by atoms with E-state index in [2.05, 4.69) is 61.5 Å². The maximum absolute atomic E-state index is 12.5. The zero-order valence-corrected chi connectivity index (χ0v) is 17.2. The van der Waals surface area contributed by atoms with Crippen molar-refractivity contribution in [2.24, 2.45) is 0 Å². The predicted molar refractivity (Wildman–Crippen MR) is 117 cm³/mol. The van der Waals surface area contributed by atoms with Crippen LogP contribution in [0.1, 0.15) is 39.9 Å². The summed E-state index contributed by atoms with van der Waals surface area (Å²) in [4.78, 5) is 25.9. The van der Waals surface area contributed by atoms with Crippen molar-refractivity contribution in [2.75, 3.05) is 31.1 Å². The summed E-state index contributed by atoms with van der Waals surface area (Å²) in [5.41, 5.74) is 5.79. The molecular weight excluding hydrogens is 374 g/mol. The molecule has 6 heteroatoms. The number of allylic oxidation sites excluding steroid dienone is 3. The van der Waals surface area contributed by atoms with Gasteiger partial charge in [0.1, 0.15) is 0 Å². The third-order valence-electron chi connectivity index (χ3n) is 6.21. The molecule has 0 unspecified atom stereocenters. The molecule has 1 saturated heterocycles. The lowest BCUT2D eigenvalue weighted by molar-refractivity contribution is 0.0950. The quantitative estimate of drug-likeness (QED) is 0.835. The molecule has 1 aliphatic carbocycles. The van der Waals surface area contributed by atoms with E-state index in [-0.39, 0.29) is 5.91 Å². The first-order chi connectivity index (χ1) is 14.8. The number of aromatic nitrogens is 2. The number of nitrogens with one attached hydrogen (secondary N) is 1. The molecule has 3 heterocycles. The molecule has 0 bridgehead atoms. The molecule has 1 aromatic heterocycles. The lowest BCUT2D eigenvalue weighted by Crippen LogP contribution is -2.26. The van der Waals surface area contributed by atoms with E-state index in [4.69, 9.17) is 0 Å². The molecule has 2 aliphatic heterocycles. The molecule has 1 amide bonds. The molecule has 0 saturated carbocycles. The van der Waals surface area contributed by atoms with Gasteiger partial charge in [-0.15, -0.1) is 0 Å². The van der Waals surface area contributed by atoms with Crippen LogP contribution < -0.4 is 10.2 Å². The molecule has 1 aromatic carbocycles. The number of carbonyl (C=O) groups is 1. The van der Waals surface area contributed by atoms with Crippen LogP contribution in [0.3, 0.4) is 0 Å². The molecule has 0 atom stereocenters. The lowest BCUT2D eigenvalue weighted by atomic mass is 10.00. The molecule has 1 N–H and O–H groups in total. The second-order valence-corrected chi connectivity index (χ2v) is 8.19. The minimum atomic E-state index is -0.132. The Morgan fingerprint density at radius 3 is 2.40 bits per heavy atom. The van der Waals surface area contributed by atoms with Gasteiger partial charge in [-0.25, -0.2) is 9.97 Å². The molecule has 154 valence electrons. The van der Waals surface area contributed by atoms with Crippen molar-refractivity contribution in [3.05, 3.63) is 76.8 Å². The lowest BCUT2D eigenvalue weighted by Gasteiger charge is -2.26. The van der Waals surface area contributed by atoms with Gasteiger partial charge in [-0.05, 0) is 54.5 Å². The highest BCUT2D eigenvalue weighted by Gasteiger charge is 2.18. The van der Waals surface area contributed by atoms with Crippen molar-refractivity contribution < 1.29 is 4.79 Å². The normalized spacial score (nSPS) is 17.8. The summed E-state index contributed by atoms with van der Waals surface area (Å²) in [6, 6.07) is 6.60. The van der Waals surface area contributed by atoms with Crippen LogP contribution in [0.15, 0.2) is 54.5 Å². The van der Waals surface area contributed by atoms with Crippen LogP contribution in [0.4, 0.5) is 5.95 Å². The monoisotopic (exact) mass is 401 g/mol. The number of fused-ring (bicyclic) bond motifs is 1. The van der Waals surface area contributed by atoms with Gasteiger partial charge in [-0.1, -0.05) is 24.3 Å². The fraction of sp³-hybridized carbons (Fsp3) is 0.375. The van der Waals surface area contributed by atoms with Crippen LogP contribution in [0.25, 0.3) is 0 Å². The Kier molecular flexibility index (Phi) is 5.22. The van der Waals surface area contributed by atoms with E-state index >= 15 is 0 Å². The number of rotatable bonds is 5. The highest BCUT2D eigenvalue weighted by Crippen LogP contribution is 2.22. The van der Waals surface area contributed by atoms with Crippen molar-refractivity contribution in [3.63, 3.8) is 0 Å². The van der Waals surface area contributed by atoms with E-state index in [0.29, 0.717) is 12.1 Å². The Hall–Kier alpha value is -3.15.